The minimum absolute atomic E-state index is 0.00525. The SMILES string of the molecule is Cn1cnc2c1c(=O)n(CCC(=O)Nc1ccccc1)c(=O)n2C. The predicted octanol–water partition coefficient (Wildman–Crippen LogP) is 0.462. The number of carbonyl (C=O) groups excluding carboxylic acids is 1. The Morgan fingerprint density at radius 2 is 1.88 bits per heavy atom. The fraction of sp³-hybridized carbons (Fsp3) is 0.250. The highest BCUT2D eigenvalue weighted by Crippen LogP contribution is 2.06. The summed E-state index contributed by atoms with van der Waals surface area (Å²) in [5, 5.41) is 2.73. The molecule has 124 valence electrons. The number of amides is 1. The summed E-state index contributed by atoms with van der Waals surface area (Å²) >= 11 is 0. The Labute approximate surface area is 137 Å². The van der Waals surface area contributed by atoms with Gasteiger partial charge in [0.25, 0.3) is 5.56 Å². The van der Waals surface area contributed by atoms with Crippen LogP contribution in [-0.2, 0) is 25.4 Å². The molecule has 0 bridgehead atoms. The average molecular weight is 327 g/mol. The molecule has 3 rings (SSSR count). The third-order valence-corrected chi connectivity index (χ3v) is 3.82. The quantitative estimate of drug-likeness (QED) is 0.754. The molecule has 0 aliphatic carbocycles. The van der Waals surface area contributed by atoms with Gasteiger partial charge in [0.1, 0.15) is 0 Å². The van der Waals surface area contributed by atoms with Gasteiger partial charge in [-0.3, -0.25) is 18.7 Å². The first-order valence-electron chi connectivity index (χ1n) is 7.45. The molecule has 2 aromatic heterocycles. The fourth-order valence-corrected chi connectivity index (χ4v) is 2.55. The average Bonchev–Trinajstić information content (AvgIpc) is 2.96. The van der Waals surface area contributed by atoms with Crippen molar-refractivity contribution in [3.63, 3.8) is 0 Å². The van der Waals surface area contributed by atoms with E-state index in [1.807, 2.05) is 18.2 Å². The summed E-state index contributed by atoms with van der Waals surface area (Å²) in [7, 11) is 3.24. The van der Waals surface area contributed by atoms with Crippen molar-refractivity contribution in [1.82, 2.24) is 18.7 Å². The van der Waals surface area contributed by atoms with Crippen LogP contribution in [0.4, 0.5) is 5.69 Å². The van der Waals surface area contributed by atoms with Gasteiger partial charge < -0.3 is 9.88 Å². The molecule has 24 heavy (non-hydrogen) atoms. The molecule has 2 heterocycles. The second-order valence-corrected chi connectivity index (χ2v) is 5.49. The van der Waals surface area contributed by atoms with Crippen LogP contribution in [0, 0.1) is 0 Å². The Hall–Kier alpha value is -3.16. The number of benzene rings is 1. The van der Waals surface area contributed by atoms with Crippen molar-refractivity contribution in [1.29, 1.82) is 0 Å². The number of hydrogen-bond acceptors (Lipinski definition) is 4. The molecule has 0 unspecified atom stereocenters. The number of para-hydroxylation sites is 1. The summed E-state index contributed by atoms with van der Waals surface area (Å²) in [5.41, 5.74) is 0.405. The third-order valence-electron chi connectivity index (χ3n) is 3.82. The van der Waals surface area contributed by atoms with Crippen molar-refractivity contribution in [3.05, 3.63) is 57.5 Å². The van der Waals surface area contributed by atoms with Crippen LogP contribution in [0.5, 0.6) is 0 Å². The first kappa shape index (κ1) is 15.7. The van der Waals surface area contributed by atoms with E-state index in [1.54, 1.807) is 30.8 Å². The number of aryl methyl sites for hydroxylation is 2. The monoisotopic (exact) mass is 327 g/mol. The maximum atomic E-state index is 12.5. The molecule has 0 atom stereocenters. The minimum atomic E-state index is -0.487. The van der Waals surface area contributed by atoms with Gasteiger partial charge in [0, 0.05) is 32.7 Å². The van der Waals surface area contributed by atoms with E-state index >= 15 is 0 Å². The molecular weight excluding hydrogens is 310 g/mol. The van der Waals surface area contributed by atoms with E-state index in [0.29, 0.717) is 16.9 Å². The minimum Gasteiger partial charge on any atom is -0.328 e. The van der Waals surface area contributed by atoms with Gasteiger partial charge >= 0.3 is 5.69 Å². The van der Waals surface area contributed by atoms with Gasteiger partial charge in [0.05, 0.1) is 6.33 Å². The number of nitrogens with one attached hydrogen (secondary N) is 1. The molecule has 1 N–H and O–H groups in total. The first-order chi connectivity index (χ1) is 11.5. The van der Waals surface area contributed by atoms with Gasteiger partial charge in [-0.1, -0.05) is 18.2 Å². The Morgan fingerprint density at radius 3 is 2.58 bits per heavy atom. The van der Waals surface area contributed by atoms with Crippen molar-refractivity contribution < 1.29 is 4.79 Å². The van der Waals surface area contributed by atoms with Crippen molar-refractivity contribution in [3.8, 4) is 0 Å². The lowest BCUT2D eigenvalue weighted by Gasteiger charge is -2.09. The summed E-state index contributed by atoms with van der Waals surface area (Å²) in [6.07, 6.45) is 1.51. The summed E-state index contributed by atoms with van der Waals surface area (Å²) in [4.78, 5) is 40.9. The number of carbonyl (C=O) groups is 1. The number of anilines is 1. The number of nitrogens with zero attached hydrogens (tertiary/aromatic N) is 4. The highest BCUT2D eigenvalue weighted by Gasteiger charge is 2.15. The van der Waals surface area contributed by atoms with Crippen LogP contribution in [0.2, 0.25) is 0 Å². The standard InChI is InChI=1S/C16H17N5O3/c1-19-10-17-14-13(19)15(23)21(16(24)20(14)2)9-8-12(22)18-11-6-4-3-5-7-11/h3-7,10H,8-9H2,1-2H3,(H,18,22). The zero-order valence-corrected chi connectivity index (χ0v) is 13.4. The van der Waals surface area contributed by atoms with Crippen LogP contribution < -0.4 is 16.6 Å². The number of hydrogen-bond donors (Lipinski definition) is 1. The van der Waals surface area contributed by atoms with Gasteiger partial charge in [-0.25, -0.2) is 9.78 Å². The molecular formula is C16H17N5O3. The number of aromatic nitrogens is 4. The second-order valence-electron chi connectivity index (χ2n) is 5.49. The Bertz CT molecular complexity index is 1010. The molecule has 0 fully saturated rings. The van der Waals surface area contributed by atoms with Crippen LogP contribution in [0.1, 0.15) is 6.42 Å². The molecule has 0 aliphatic rings. The first-order valence-corrected chi connectivity index (χ1v) is 7.45. The Balaban J connectivity index is 1.85. The highest BCUT2D eigenvalue weighted by atomic mass is 16.2. The summed E-state index contributed by atoms with van der Waals surface area (Å²) < 4.78 is 3.94. The topological polar surface area (TPSA) is 90.9 Å². The number of fused-ring (bicyclic) bond motifs is 1. The van der Waals surface area contributed by atoms with Crippen LogP contribution >= 0.6 is 0 Å². The van der Waals surface area contributed by atoms with Gasteiger partial charge in [-0.15, -0.1) is 0 Å². The summed E-state index contributed by atoms with van der Waals surface area (Å²) in [6.45, 7) is 0.00525. The molecule has 8 heteroatoms. The number of rotatable bonds is 4. The zero-order valence-electron chi connectivity index (χ0n) is 13.4. The highest BCUT2D eigenvalue weighted by molar-refractivity contribution is 5.90. The Kier molecular flexibility index (Phi) is 4.03. The van der Waals surface area contributed by atoms with E-state index in [1.165, 1.54) is 10.9 Å². The molecule has 1 amide bonds. The lowest BCUT2D eigenvalue weighted by Crippen LogP contribution is -2.40. The molecule has 0 saturated heterocycles. The van der Waals surface area contributed by atoms with E-state index < -0.39 is 11.2 Å². The van der Waals surface area contributed by atoms with E-state index in [2.05, 4.69) is 10.3 Å². The molecule has 0 spiro atoms. The third kappa shape index (κ3) is 2.73. The fourth-order valence-electron chi connectivity index (χ4n) is 2.55. The second kappa shape index (κ2) is 6.15. The largest absolute Gasteiger partial charge is 0.332 e. The van der Waals surface area contributed by atoms with Gasteiger partial charge in [-0.2, -0.15) is 0 Å². The molecule has 1 aromatic carbocycles. The number of imidazole rings is 1. The van der Waals surface area contributed by atoms with Gasteiger partial charge in [0.15, 0.2) is 11.2 Å². The van der Waals surface area contributed by atoms with Crippen molar-refractivity contribution in [2.24, 2.45) is 14.1 Å². The normalized spacial score (nSPS) is 10.9. The molecule has 0 saturated carbocycles. The predicted molar refractivity (Wildman–Crippen MR) is 89.9 cm³/mol. The smallest absolute Gasteiger partial charge is 0.328 e. The van der Waals surface area contributed by atoms with Gasteiger partial charge in [0.2, 0.25) is 5.91 Å². The maximum Gasteiger partial charge on any atom is 0.332 e. The van der Waals surface area contributed by atoms with E-state index in [0.717, 1.165) is 4.57 Å². The molecule has 8 nitrogen and oxygen atoms in total. The van der Waals surface area contributed by atoms with Crippen LogP contribution in [-0.4, -0.2) is 24.6 Å². The molecule has 3 aromatic rings. The van der Waals surface area contributed by atoms with Gasteiger partial charge in [-0.05, 0) is 12.1 Å². The molecule has 0 aliphatic heterocycles. The molecule has 0 radical (unpaired) electrons. The van der Waals surface area contributed by atoms with Crippen molar-refractivity contribution in [2.75, 3.05) is 5.32 Å². The lowest BCUT2D eigenvalue weighted by molar-refractivity contribution is -0.116. The Morgan fingerprint density at radius 1 is 1.17 bits per heavy atom. The maximum absolute atomic E-state index is 12.5. The lowest BCUT2D eigenvalue weighted by atomic mass is 10.3. The van der Waals surface area contributed by atoms with E-state index in [-0.39, 0.29) is 18.9 Å². The van der Waals surface area contributed by atoms with Crippen LogP contribution in [0.3, 0.4) is 0 Å². The van der Waals surface area contributed by atoms with Crippen LogP contribution in [0.15, 0.2) is 46.2 Å². The zero-order chi connectivity index (χ0) is 17.3. The summed E-state index contributed by atoms with van der Waals surface area (Å²) in [6, 6.07) is 9.01. The van der Waals surface area contributed by atoms with Crippen LogP contribution in [0.25, 0.3) is 11.2 Å². The van der Waals surface area contributed by atoms with E-state index in [4.69, 9.17) is 0 Å². The van der Waals surface area contributed by atoms with Crippen molar-refractivity contribution in [2.45, 2.75) is 13.0 Å². The summed E-state index contributed by atoms with van der Waals surface area (Å²) in [5.74, 6) is -0.264. The van der Waals surface area contributed by atoms with Crippen molar-refractivity contribution >= 4 is 22.8 Å². The van der Waals surface area contributed by atoms with E-state index in [9.17, 15) is 14.4 Å².